The normalized spacial score (nSPS) is 9.14. The Balaban J connectivity index is -0.000000575. The number of hydrogen-bond donors (Lipinski definition) is 0. The van der Waals surface area contributed by atoms with E-state index < -0.39 is 49.4 Å². The van der Waals surface area contributed by atoms with Gasteiger partial charge in [-0.3, -0.25) is 14.7 Å². The van der Waals surface area contributed by atoms with Gasteiger partial charge in [-0.2, -0.15) is 4.89 Å². The van der Waals surface area contributed by atoms with Crippen molar-refractivity contribution in [3.05, 3.63) is 72.9 Å². The fourth-order valence-corrected chi connectivity index (χ4v) is 1.27. The van der Waals surface area contributed by atoms with E-state index in [1.807, 2.05) is 0 Å². The van der Waals surface area contributed by atoms with Crippen LogP contribution in [0.3, 0.4) is 0 Å². The second-order valence-electron chi connectivity index (χ2n) is 8.44. The smallest absolute Gasteiger partial charge is 0.368 e. The predicted octanol–water partition coefficient (Wildman–Crippen LogP) is 3.77. The molecule has 0 aromatic heterocycles. The molecule has 0 unspecified atom stereocenters. The van der Waals surface area contributed by atoms with E-state index >= 15 is 0 Å². The lowest BCUT2D eigenvalue weighted by molar-refractivity contribution is -0.301. The van der Waals surface area contributed by atoms with Gasteiger partial charge in [-0.05, 0) is 41.5 Å². The SMILES string of the molecule is C=C(C)C(=O)OCCCOOC(=O)C(=C)C.C=C(C)C(=O)OCOOC(=O)C(=C)C.C=C(C)C(=O)OCOOC(=O)C(=C)C. The molecule has 0 rings (SSSR count). The van der Waals surface area contributed by atoms with E-state index in [0.29, 0.717) is 12.0 Å². The van der Waals surface area contributed by atoms with Crippen LogP contribution in [-0.2, 0) is 72.3 Å². The fraction of sp³-hybridized carbons (Fsp3) is 0.379. The van der Waals surface area contributed by atoms with Crippen molar-refractivity contribution in [3.63, 3.8) is 0 Å². The summed E-state index contributed by atoms with van der Waals surface area (Å²) in [5, 5.41) is 0. The number of hydrogen-bond acceptors (Lipinski definition) is 15. The highest BCUT2D eigenvalue weighted by molar-refractivity contribution is 5.88. The summed E-state index contributed by atoms with van der Waals surface area (Å²) in [6.07, 6.45) is 0.433. The van der Waals surface area contributed by atoms with E-state index in [9.17, 15) is 28.8 Å². The lowest BCUT2D eigenvalue weighted by atomic mass is 10.4. The molecule has 0 spiro atoms. The highest BCUT2D eigenvalue weighted by atomic mass is 17.2. The van der Waals surface area contributed by atoms with Gasteiger partial charge in [0.15, 0.2) is 0 Å². The third-order valence-corrected chi connectivity index (χ3v) is 3.58. The summed E-state index contributed by atoms with van der Waals surface area (Å²) in [5.74, 6) is -3.71. The van der Waals surface area contributed by atoms with Gasteiger partial charge in [-0.15, -0.1) is 9.78 Å². The molecule has 15 heteroatoms. The zero-order valence-electron chi connectivity index (χ0n) is 25.9. The number of rotatable bonds is 17. The Hall–Kier alpha value is -4.86. The Morgan fingerprint density at radius 2 is 0.659 bits per heavy atom. The number of esters is 3. The molecule has 0 aliphatic rings. The van der Waals surface area contributed by atoms with Crippen molar-refractivity contribution in [1.29, 1.82) is 0 Å². The summed E-state index contributed by atoms with van der Waals surface area (Å²) in [7, 11) is 0. The largest absolute Gasteiger partial charge is 0.462 e. The van der Waals surface area contributed by atoms with Crippen LogP contribution in [0, 0.1) is 0 Å². The Morgan fingerprint density at radius 1 is 0.386 bits per heavy atom. The van der Waals surface area contributed by atoms with Crippen LogP contribution in [0.1, 0.15) is 48.0 Å². The maximum atomic E-state index is 10.9. The van der Waals surface area contributed by atoms with E-state index in [2.05, 4.69) is 78.3 Å². The minimum atomic E-state index is -0.712. The third-order valence-electron chi connectivity index (χ3n) is 3.58. The van der Waals surface area contributed by atoms with Crippen LogP contribution >= 0.6 is 0 Å². The first kappa shape index (κ1) is 43.6. The highest BCUT2D eigenvalue weighted by Gasteiger charge is 2.08. The standard InChI is InChI=1S/C11H16O5.2C9H12O5/c1-8(2)10(12)14-6-5-7-15-16-11(13)9(3)4;2*1-6(2)8(10)12-5-13-14-9(11)7(3)4/h1,3,5-7H2,2,4H3;2*1,3,5H2,2,4H3. The molecule has 0 saturated heterocycles. The lowest BCUT2D eigenvalue weighted by Gasteiger charge is -2.04. The molecule has 0 bridgehead atoms. The van der Waals surface area contributed by atoms with Gasteiger partial charge in [0.05, 0.1) is 13.2 Å². The van der Waals surface area contributed by atoms with Crippen molar-refractivity contribution in [2.45, 2.75) is 48.0 Å². The summed E-state index contributed by atoms with van der Waals surface area (Å²) in [6, 6.07) is 0. The Bertz CT molecular complexity index is 956. The van der Waals surface area contributed by atoms with Gasteiger partial charge >= 0.3 is 35.8 Å². The summed E-state index contributed by atoms with van der Waals surface area (Å²) in [4.78, 5) is 90.6. The van der Waals surface area contributed by atoms with Crippen LogP contribution in [0.4, 0.5) is 0 Å². The predicted molar refractivity (Wildman–Crippen MR) is 153 cm³/mol. The second kappa shape index (κ2) is 25.8. The molecular weight excluding hydrogens is 588 g/mol. The minimum absolute atomic E-state index is 0.155. The molecule has 0 aliphatic heterocycles. The summed E-state index contributed by atoms with van der Waals surface area (Å²) < 4.78 is 13.7. The molecule has 0 fully saturated rings. The Morgan fingerprint density at radius 3 is 0.955 bits per heavy atom. The van der Waals surface area contributed by atoms with Gasteiger partial charge in [0, 0.05) is 39.9 Å². The van der Waals surface area contributed by atoms with Crippen molar-refractivity contribution in [2.75, 3.05) is 26.8 Å². The first-order valence-electron chi connectivity index (χ1n) is 12.3. The molecule has 0 amide bonds. The fourth-order valence-electron chi connectivity index (χ4n) is 1.27. The molecule has 0 aromatic rings. The molecule has 0 radical (unpaired) electrons. The van der Waals surface area contributed by atoms with Crippen molar-refractivity contribution in [3.8, 4) is 0 Å². The summed E-state index contributed by atoms with van der Waals surface area (Å²) >= 11 is 0. The lowest BCUT2D eigenvalue weighted by Crippen LogP contribution is -2.12. The maximum Gasteiger partial charge on any atom is 0.368 e. The van der Waals surface area contributed by atoms with Crippen LogP contribution in [0.5, 0.6) is 0 Å². The van der Waals surface area contributed by atoms with Gasteiger partial charge in [-0.1, -0.05) is 39.5 Å². The highest BCUT2D eigenvalue weighted by Crippen LogP contribution is 1.98. The average molecular weight is 629 g/mol. The zero-order chi connectivity index (χ0) is 34.8. The molecule has 0 aromatic carbocycles. The molecule has 0 atom stereocenters. The summed E-state index contributed by atoms with van der Waals surface area (Å²) in [5.41, 5.74) is 1.45. The molecule has 0 heterocycles. The zero-order valence-corrected chi connectivity index (χ0v) is 25.9. The molecule has 246 valence electrons. The van der Waals surface area contributed by atoms with Crippen molar-refractivity contribution < 1.29 is 72.3 Å². The van der Waals surface area contributed by atoms with E-state index in [1.165, 1.54) is 34.6 Å². The number of ether oxygens (including phenoxy) is 3. The average Bonchev–Trinajstić information content (AvgIpc) is 2.94. The Kier molecular flexibility index (Phi) is 25.6. The van der Waals surface area contributed by atoms with Crippen LogP contribution in [0.2, 0.25) is 0 Å². The van der Waals surface area contributed by atoms with Crippen molar-refractivity contribution >= 4 is 35.8 Å². The molecule has 15 nitrogen and oxygen atoms in total. The van der Waals surface area contributed by atoms with Crippen molar-refractivity contribution in [2.24, 2.45) is 0 Å². The molecule has 0 aliphatic carbocycles. The molecular formula is C29H40O15. The number of carbonyl (C=O) groups excluding carboxylic acids is 6. The van der Waals surface area contributed by atoms with Gasteiger partial charge in [0.2, 0.25) is 13.6 Å². The van der Waals surface area contributed by atoms with Crippen LogP contribution in [0.25, 0.3) is 0 Å². The van der Waals surface area contributed by atoms with E-state index in [0.717, 1.165) is 0 Å². The van der Waals surface area contributed by atoms with Crippen LogP contribution < -0.4 is 0 Å². The number of carbonyl (C=O) groups is 6. The van der Waals surface area contributed by atoms with Gasteiger partial charge in [-0.25, -0.2) is 28.8 Å². The second-order valence-corrected chi connectivity index (χ2v) is 8.44. The first-order valence-corrected chi connectivity index (χ1v) is 12.3. The van der Waals surface area contributed by atoms with Gasteiger partial charge in [0.25, 0.3) is 0 Å². The summed E-state index contributed by atoms with van der Waals surface area (Å²) in [6.45, 7) is 28.5. The van der Waals surface area contributed by atoms with Crippen LogP contribution in [-0.4, -0.2) is 62.6 Å². The van der Waals surface area contributed by atoms with Crippen LogP contribution in [0.15, 0.2) is 72.9 Å². The first-order chi connectivity index (χ1) is 20.3. The minimum Gasteiger partial charge on any atom is -0.462 e. The third kappa shape index (κ3) is 27.3. The molecule has 44 heavy (non-hydrogen) atoms. The topological polar surface area (TPSA) is 185 Å². The van der Waals surface area contributed by atoms with E-state index in [1.54, 1.807) is 6.92 Å². The van der Waals surface area contributed by atoms with E-state index in [-0.39, 0.29) is 41.1 Å². The monoisotopic (exact) mass is 628 g/mol. The van der Waals surface area contributed by atoms with Gasteiger partial charge in [0.1, 0.15) is 0 Å². The maximum absolute atomic E-state index is 10.9. The Labute approximate surface area is 256 Å². The molecule has 0 N–H and O–H groups in total. The molecule has 0 saturated carbocycles. The van der Waals surface area contributed by atoms with Gasteiger partial charge < -0.3 is 14.2 Å². The quantitative estimate of drug-likeness (QED) is 0.0430. The van der Waals surface area contributed by atoms with E-state index in [4.69, 9.17) is 4.74 Å². The van der Waals surface area contributed by atoms with Crippen molar-refractivity contribution in [1.82, 2.24) is 0 Å².